The van der Waals surface area contributed by atoms with E-state index >= 15 is 0 Å². The topological polar surface area (TPSA) is 49.3 Å². The van der Waals surface area contributed by atoms with Gasteiger partial charge in [-0.3, -0.25) is 4.79 Å². The summed E-state index contributed by atoms with van der Waals surface area (Å²) >= 11 is 0. The molecule has 5 heteroatoms. The van der Waals surface area contributed by atoms with E-state index in [2.05, 4.69) is 5.32 Å². The number of carbonyl (C=O) groups excluding carboxylic acids is 1. The molecule has 22 heavy (non-hydrogen) atoms. The quantitative estimate of drug-likeness (QED) is 0.891. The molecule has 0 fully saturated rings. The van der Waals surface area contributed by atoms with Crippen LogP contribution in [0.4, 0.5) is 8.78 Å². The van der Waals surface area contributed by atoms with E-state index in [0.717, 1.165) is 0 Å². The van der Waals surface area contributed by atoms with E-state index in [1.165, 1.54) is 24.3 Å². The van der Waals surface area contributed by atoms with Gasteiger partial charge in [0.25, 0.3) is 5.91 Å². The molecule has 0 radical (unpaired) electrons. The number of nitrogens with one attached hydrogen (secondary N) is 1. The lowest BCUT2D eigenvalue weighted by molar-refractivity contribution is -0.165. The van der Waals surface area contributed by atoms with Crippen molar-refractivity contribution in [3.63, 3.8) is 0 Å². The smallest absolute Gasteiger partial charge is 0.353 e. The number of benzene rings is 2. The van der Waals surface area contributed by atoms with Gasteiger partial charge >= 0.3 is 5.92 Å². The summed E-state index contributed by atoms with van der Waals surface area (Å²) in [5.41, 5.74) is 0.705. The van der Waals surface area contributed by atoms with E-state index in [9.17, 15) is 18.7 Å². The van der Waals surface area contributed by atoms with Crippen molar-refractivity contribution in [1.29, 1.82) is 0 Å². The van der Waals surface area contributed by atoms with Gasteiger partial charge in [-0.2, -0.15) is 8.78 Å². The fourth-order valence-electron chi connectivity index (χ4n) is 2.09. The molecule has 0 aromatic heterocycles. The number of aliphatic hydroxyl groups excluding tert-OH is 1. The Kier molecular flexibility index (Phi) is 4.88. The molecular formula is C17H17F2NO2. The second kappa shape index (κ2) is 6.66. The monoisotopic (exact) mass is 305 g/mol. The van der Waals surface area contributed by atoms with Crippen LogP contribution in [0.25, 0.3) is 0 Å². The van der Waals surface area contributed by atoms with Gasteiger partial charge in [-0.05, 0) is 18.1 Å². The number of alkyl halides is 2. The normalized spacial score (nSPS) is 14.2. The third-order valence-corrected chi connectivity index (χ3v) is 3.41. The molecule has 1 amide bonds. The number of hydrogen-bond donors (Lipinski definition) is 2. The van der Waals surface area contributed by atoms with E-state index in [4.69, 9.17) is 0 Å². The van der Waals surface area contributed by atoms with Gasteiger partial charge in [-0.15, -0.1) is 0 Å². The van der Waals surface area contributed by atoms with Gasteiger partial charge in [0.1, 0.15) is 0 Å². The predicted octanol–water partition coefficient (Wildman–Crippen LogP) is 3.23. The van der Waals surface area contributed by atoms with Crippen molar-refractivity contribution in [3.05, 3.63) is 71.8 Å². The highest BCUT2D eigenvalue weighted by molar-refractivity contribution is 5.84. The lowest BCUT2D eigenvalue weighted by Crippen LogP contribution is -2.45. The molecule has 0 aliphatic heterocycles. The first kappa shape index (κ1) is 16.1. The molecule has 0 spiro atoms. The van der Waals surface area contributed by atoms with Crippen LogP contribution in [-0.4, -0.2) is 16.9 Å². The van der Waals surface area contributed by atoms with Crippen molar-refractivity contribution in [3.8, 4) is 0 Å². The second-order valence-corrected chi connectivity index (χ2v) is 5.04. The molecule has 0 aliphatic rings. The average molecular weight is 305 g/mol. The number of carbonyl (C=O) groups is 1. The molecule has 2 atom stereocenters. The summed E-state index contributed by atoms with van der Waals surface area (Å²) in [4.78, 5) is 11.8. The fraction of sp³-hybridized carbons (Fsp3) is 0.235. The van der Waals surface area contributed by atoms with Crippen LogP contribution in [0.1, 0.15) is 30.2 Å². The zero-order valence-corrected chi connectivity index (χ0v) is 12.0. The van der Waals surface area contributed by atoms with E-state index in [1.807, 2.05) is 0 Å². The van der Waals surface area contributed by atoms with Crippen molar-refractivity contribution < 1.29 is 18.7 Å². The first-order valence-electron chi connectivity index (χ1n) is 6.89. The fourth-order valence-corrected chi connectivity index (χ4v) is 2.09. The molecule has 2 aromatic rings. The summed E-state index contributed by atoms with van der Waals surface area (Å²) in [7, 11) is 0. The zero-order chi connectivity index (χ0) is 16.2. The van der Waals surface area contributed by atoms with E-state index in [-0.39, 0.29) is 5.56 Å². The van der Waals surface area contributed by atoms with Gasteiger partial charge in [0, 0.05) is 0 Å². The number of rotatable bonds is 5. The maximum absolute atomic E-state index is 14.1. The molecule has 0 heterocycles. The van der Waals surface area contributed by atoms with Crippen LogP contribution in [0.5, 0.6) is 0 Å². The molecule has 2 rings (SSSR count). The van der Waals surface area contributed by atoms with Crippen LogP contribution in [0, 0.1) is 0 Å². The first-order chi connectivity index (χ1) is 10.4. The van der Waals surface area contributed by atoms with Gasteiger partial charge in [0.15, 0.2) is 6.10 Å². The molecule has 2 aromatic carbocycles. The molecule has 0 aliphatic carbocycles. The van der Waals surface area contributed by atoms with E-state index < -0.39 is 24.0 Å². The predicted molar refractivity (Wildman–Crippen MR) is 79.3 cm³/mol. The Hall–Kier alpha value is -2.27. The average Bonchev–Trinajstić information content (AvgIpc) is 2.55. The Morgan fingerprint density at radius 1 is 1.00 bits per heavy atom. The lowest BCUT2D eigenvalue weighted by atomic mass is 10.0. The molecule has 0 saturated carbocycles. The Balaban J connectivity index is 2.10. The van der Waals surface area contributed by atoms with Gasteiger partial charge in [-0.25, -0.2) is 0 Å². The number of aliphatic hydroxyl groups is 1. The van der Waals surface area contributed by atoms with Crippen LogP contribution < -0.4 is 5.32 Å². The molecule has 116 valence electrons. The van der Waals surface area contributed by atoms with Crippen molar-refractivity contribution in [2.24, 2.45) is 0 Å². The van der Waals surface area contributed by atoms with E-state index in [1.54, 1.807) is 43.3 Å². The Morgan fingerprint density at radius 3 is 1.95 bits per heavy atom. The third kappa shape index (κ3) is 3.49. The second-order valence-electron chi connectivity index (χ2n) is 5.04. The molecule has 0 bridgehead atoms. The van der Waals surface area contributed by atoms with Crippen molar-refractivity contribution in [1.82, 2.24) is 5.32 Å². The standard InChI is InChI=1S/C17H17F2NO2/c1-12(13-8-4-2-5-9-13)20-16(22)17(18,19)15(21)14-10-6-3-7-11-14/h2-12,15,21H,1H3,(H,20,22)/t12-,15+/m0/s1. The van der Waals surface area contributed by atoms with Gasteiger partial charge in [0.2, 0.25) is 0 Å². The minimum Gasteiger partial charge on any atom is -0.381 e. The van der Waals surface area contributed by atoms with Crippen molar-refractivity contribution in [2.75, 3.05) is 0 Å². The highest BCUT2D eigenvalue weighted by Crippen LogP contribution is 2.32. The SMILES string of the molecule is C[C@H](NC(=O)C(F)(F)[C@H](O)c1ccccc1)c1ccccc1. The maximum atomic E-state index is 14.1. The van der Waals surface area contributed by atoms with Crippen LogP contribution >= 0.6 is 0 Å². The maximum Gasteiger partial charge on any atom is 0.353 e. The van der Waals surface area contributed by atoms with Gasteiger partial charge in [-0.1, -0.05) is 60.7 Å². The Bertz CT molecular complexity index is 617. The highest BCUT2D eigenvalue weighted by atomic mass is 19.3. The molecule has 0 saturated heterocycles. The summed E-state index contributed by atoms with van der Waals surface area (Å²) in [5, 5.41) is 12.0. The number of hydrogen-bond acceptors (Lipinski definition) is 2. The highest BCUT2D eigenvalue weighted by Gasteiger charge is 2.47. The summed E-state index contributed by atoms with van der Waals surface area (Å²) < 4.78 is 28.2. The third-order valence-electron chi connectivity index (χ3n) is 3.41. The van der Waals surface area contributed by atoms with Crippen LogP contribution in [-0.2, 0) is 4.79 Å². The zero-order valence-electron chi connectivity index (χ0n) is 12.0. The van der Waals surface area contributed by atoms with Crippen LogP contribution in [0.3, 0.4) is 0 Å². The molecule has 3 nitrogen and oxygen atoms in total. The van der Waals surface area contributed by atoms with Crippen LogP contribution in [0.15, 0.2) is 60.7 Å². The molecule has 2 N–H and O–H groups in total. The first-order valence-corrected chi connectivity index (χ1v) is 6.89. The summed E-state index contributed by atoms with van der Waals surface area (Å²) in [6.07, 6.45) is -2.18. The van der Waals surface area contributed by atoms with Crippen LogP contribution in [0.2, 0.25) is 0 Å². The summed E-state index contributed by atoms with van der Waals surface area (Å²) in [6.45, 7) is 1.61. The molecular weight excluding hydrogens is 288 g/mol. The lowest BCUT2D eigenvalue weighted by Gasteiger charge is -2.24. The van der Waals surface area contributed by atoms with Gasteiger partial charge < -0.3 is 10.4 Å². The molecule has 0 unspecified atom stereocenters. The summed E-state index contributed by atoms with van der Waals surface area (Å²) in [6, 6.07) is 15.6. The number of amides is 1. The minimum absolute atomic E-state index is 0.00462. The Labute approximate surface area is 127 Å². The number of halogens is 2. The summed E-state index contributed by atoms with van der Waals surface area (Å²) in [5.74, 6) is -5.41. The van der Waals surface area contributed by atoms with Crippen molar-refractivity contribution in [2.45, 2.75) is 25.0 Å². The van der Waals surface area contributed by atoms with Gasteiger partial charge in [0.05, 0.1) is 6.04 Å². The minimum atomic E-state index is -3.91. The van der Waals surface area contributed by atoms with E-state index in [0.29, 0.717) is 5.56 Å². The largest absolute Gasteiger partial charge is 0.381 e. The van der Waals surface area contributed by atoms with Crippen molar-refractivity contribution >= 4 is 5.91 Å². The Morgan fingerprint density at radius 2 is 1.45 bits per heavy atom.